The molecule has 1 aliphatic rings. The van der Waals surface area contributed by atoms with Crippen LogP contribution in [0.3, 0.4) is 0 Å². The summed E-state index contributed by atoms with van der Waals surface area (Å²) >= 11 is 0. The third kappa shape index (κ3) is 2.63. The Morgan fingerprint density at radius 3 is 2.82 bits per heavy atom. The SMILES string of the molecule is NC(N)=NC(=O)C1=Cc2ccccc2OCC1. The number of ether oxygens (including phenoxy) is 1. The second-order valence-corrected chi connectivity index (χ2v) is 3.65. The van der Waals surface area contributed by atoms with Crippen LogP contribution in [0.1, 0.15) is 12.0 Å². The predicted molar refractivity (Wildman–Crippen MR) is 65.3 cm³/mol. The number of aliphatic imine (C=N–C) groups is 1. The summed E-state index contributed by atoms with van der Waals surface area (Å²) in [5, 5.41) is 0. The van der Waals surface area contributed by atoms with E-state index in [1.807, 2.05) is 24.3 Å². The monoisotopic (exact) mass is 231 g/mol. The summed E-state index contributed by atoms with van der Waals surface area (Å²) in [6.07, 6.45) is 2.25. The van der Waals surface area contributed by atoms with Gasteiger partial charge in [0.2, 0.25) is 0 Å². The van der Waals surface area contributed by atoms with Crippen LogP contribution in [0.4, 0.5) is 0 Å². The molecule has 0 atom stereocenters. The first-order valence-corrected chi connectivity index (χ1v) is 5.23. The number of carbonyl (C=O) groups excluding carboxylic acids is 1. The van der Waals surface area contributed by atoms with E-state index in [0.717, 1.165) is 11.3 Å². The summed E-state index contributed by atoms with van der Waals surface area (Å²) in [5.74, 6) is 0.125. The molecule has 1 aromatic carbocycles. The highest BCUT2D eigenvalue weighted by atomic mass is 16.5. The molecule has 5 nitrogen and oxygen atoms in total. The molecule has 1 aromatic rings. The fourth-order valence-corrected chi connectivity index (χ4v) is 1.62. The zero-order valence-electron chi connectivity index (χ0n) is 9.22. The van der Waals surface area contributed by atoms with E-state index in [-0.39, 0.29) is 5.96 Å². The first-order chi connectivity index (χ1) is 8.16. The molecule has 1 aliphatic heterocycles. The summed E-state index contributed by atoms with van der Waals surface area (Å²) in [7, 11) is 0. The van der Waals surface area contributed by atoms with Crippen molar-refractivity contribution in [2.45, 2.75) is 6.42 Å². The van der Waals surface area contributed by atoms with Gasteiger partial charge in [-0.05, 0) is 12.1 Å². The molecule has 0 bridgehead atoms. The maximum absolute atomic E-state index is 11.7. The Morgan fingerprint density at radius 2 is 2.06 bits per heavy atom. The topological polar surface area (TPSA) is 90.7 Å². The third-order valence-electron chi connectivity index (χ3n) is 2.38. The van der Waals surface area contributed by atoms with Crippen LogP contribution in [-0.2, 0) is 4.79 Å². The van der Waals surface area contributed by atoms with E-state index in [4.69, 9.17) is 16.2 Å². The van der Waals surface area contributed by atoms with Gasteiger partial charge >= 0.3 is 0 Å². The smallest absolute Gasteiger partial charge is 0.276 e. The van der Waals surface area contributed by atoms with Crippen LogP contribution in [-0.4, -0.2) is 18.5 Å². The van der Waals surface area contributed by atoms with Gasteiger partial charge in [0.15, 0.2) is 5.96 Å². The molecule has 0 unspecified atom stereocenters. The van der Waals surface area contributed by atoms with Gasteiger partial charge in [0.1, 0.15) is 5.75 Å². The van der Waals surface area contributed by atoms with Crippen LogP contribution < -0.4 is 16.2 Å². The minimum atomic E-state index is -0.412. The lowest BCUT2D eigenvalue weighted by Gasteiger charge is -2.03. The van der Waals surface area contributed by atoms with Crippen LogP contribution in [0.2, 0.25) is 0 Å². The Balaban J connectivity index is 2.34. The molecule has 0 aliphatic carbocycles. The van der Waals surface area contributed by atoms with Crippen molar-refractivity contribution in [2.75, 3.05) is 6.61 Å². The molecular weight excluding hydrogens is 218 g/mol. The average molecular weight is 231 g/mol. The average Bonchev–Trinajstić information content (AvgIpc) is 2.49. The molecule has 88 valence electrons. The number of guanidine groups is 1. The van der Waals surface area contributed by atoms with E-state index in [9.17, 15) is 4.79 Å². The van der Waals surface area contributed by atoms with E-state index in [2.05, 4.69) is 4.99 Å². The van der Waals surface area contributed by atoms with Crippen molar-refractivity contribution in [1.82, 2.24) is 0 Å². The first kappa shape index (κ1) is 11.2. The van der Waals surface area contributed by atoms with Crippen molar-refractivity contribution in [1.29, 1.82) is 0 Å². The fourth-order valence-electron chi connectivity index (χ4n) is 1.62. The maximum Gasteiger partial charge on any atom is 0.276 e. The lowest BCUT2D eigenvalue weighted by Crippen LogP contribution is -2.24. The molecule has 4 N–H and O–H groups in total. The lowest BCUT2D eigenvalue weighted by molar-refractivity contribution is -0.114. The highest BCUT2D eigenvalue weighted by Gasteiger charge is 2.14. The summed E-state index contributed by atoms with van der Waals surface area (Å²) in [4.78, 5) is 15.2. The number of hydrogen-bond donors (Lipinski definition) is 2. The molecule has 0 saturated heterocycles. The van der Waals surface area contributed by atoms with Crippen molar-refractivity contribution in [3.63, 3.8) is 0 Å². The van der Waals surface area contributed by atoms with Gasteiger partial charge in [-0.2, -0.15) is 4.99 Å². The minimum absolute atomic E-state index is 0.227. The fraction of sp³-hybridized carbons (Fsp3) is 0.167. The van der Waals surface area contributed by atoms with Crippen LogP contribution in [0.25, 0.3) is 6.08 Å². The normalized spacial score (nSPS) is 13.8. The van der Waals surface area contributed by atoms with Crippen LogP contribution in [0.15, 0.2) is 34.8 Å². The van der Waals surface area contributed by atoms with Gasteiger partial charge in [-0.3, -0.25) is 4.79 Å². The maximum atomic E-state index is 11.7. The quantitative estimate of drug-likeness (QED) is 0.548. The molecule has 0 fully saturated rings. The summed E-state index contributed by atoms with van der Waals surface area (Å²) < 4.78 is 5.52. The molecule has 0 aromatic heterocycles. The number of hydrogen-bond acceptors (Lipinski definition) is 2. The Kier molecular flexibility index (Phi) is 3.09. The second-order valence-electron chi connectivity index (χ2n) is 3.65. The summed E-state index contributed by atoms with van der Waals surface area (Å²) in [5.41, 5.74) is 11.8. The predicted octanol–water partition coefficient (Wildman–Crippen LogP) is 0.652. The Morgan fingerprint density at radius 1 is 1.29 bits per heavy atom. The standard InChI is InChI=1S/C12H13N3O2/c13-12(14)15-11(16)9-5-6-17-10-4-2-1-3-8(10)7-9/h1-4,7H,5-6H2,(H4,13,14,15,16). The third-order valence-corrected chi connectivity index (χ3v) is 2.38. The van der Waals surface area contributed by atoms with Crippen molar-refractivity contribution in [2.24, 2.45) is 16.5 Å². The Bertz CT molecular complexity index is 502. The molecule has 0 spiro atoms. The Hall–Kier alpha value is -2.30. The molecule has 0 saturated carbocycles. The highest BCUT2D eigenvalue weighted by Crippen LogP contribution is 2.25. The van der Waals surface area contributed by atoms with Gasteiger partial charge in [-0.1, -0.05) is 18.2 Å². The lowest BCUT2D eigenvalue weighted by atomic mass is 10.1. The van der Waals surface area contributed by atoms with Crippen LogP contribution in [0, 0.1) is 0 Å². The van der Waals surface area contributed by atoms with Crippen molar-refractivity contribution in [3.8, 4) is 5.75 Å². The minimum Gasteiger partial charge on any atom is -0.493 e. The number of rotatable bonds is 1. The first-order valence-electron chi connectivity index (χ1n) is 5.23. The van der Waals surface area contributed by atoms with Gasteiger partial charge in [0, 0.05) is 17.6 Å². The molecule has 1 heterocycles. The zero-order valence-corrected chi connectivity index (χ0v) is 9.22. The van der Waals surface area contributed by atoms with Crippen molar-refractivity contribution in [3.05, 3.63) is 35.4 Å². The highest BCUT2D eigenvalue weighted by molar-refractivity contribution is 6.04. The zero-order chi connectivity index (χ0) is 12.3. The van der Waals surface area contributed by atoms with E-state index in [0.29, 0.717) is 18.6 Å². The number of para-hydroxylation sites is 1. The van der Waals surface area contributed by atoms with E-state index in [1.54, 1.807) is 6.08 Å². The number of nitrogens with two attached hydrogens (primary N) is 2. The summed E-state index contributed by atoms with van der Waals surface area (Å²) in [6.45, 7) is 0.439. The number of nitrogens with zero attached hydrogens (tertiary/aromatic N) is 1. The molecule has 1 amide bonds. The van der Waals surface area contributed by atoms with Gasteiger partial charge < -0.3 is 16.2 Å². The van der Waals surface area contributed by atoms with Crippen molar-refractivity contribution >= 4 is 17.9 Å². The number of amides is 1. The summed E-state index contributed by atoms with van der Waals surface area (Å²) in [6, 6.07) is 7.51. The molecular formula is C12H13N3O2. The number of fused-ring (bicyclic) bond motifs is 1. The number of benzene rings is 1. The molecule has 0 radical (unpaired) electrons. The van der Waals surface area contributed by atoms with Gasteiger partial charge in [-0.25, -0.2) is 0 Å². The molecule has 5 heteroatoms. The van der Waals surface area contributed by atoms with E-state index >= 15 is 0 Å². The van der Waals surface area contributed by atoms with E-state index < -0.39 is 5.91 Å². The largest absolute Gasteiger partial charge is 0.493 e. The van der Waals surface area contributed by atoms with Gasteiger partial charge in [0.05, 0.1) is 6.61 Å². The van der Waals surface area contributed by atoms with Gasteiger partial charge in [0.25, 0.3) is 5.91 Å². The second kappa shape index (κ2) is 4.69. The Labute approximate surface area is 98.8 Å². The van der Waals surface area contributed by atoms with Crippen LogP contribution >= 0.6 is 0 Å². The number of carbonyl (C=O) groups is 1. The van der Waals surface area contributed by atoms with E-state index in [1.165, 1.54) is 0 Å². The molecule has 2 rings (SSSR count). The van der Waals surface area contributed by atoms with Gasteiger partial charge in [-0.15, -0.1) is 0 Å². The van der Waals surface area contributed by atoms with Crippen LogP contribution in [0.5, 0.6) is 5.75 Å². The molecule has 17 heavy (non-hydrogen) atoms. The van der Waals surface area contributed by atoms with Crippen molar-refractivity contribution < 1.29 is 9.53 Å².